The largest absolute Gasteiger partial charge is 0.338 e. The van der Waals surface area contributed by atoms with Gasteiger partial charge in [0.2, 0.25) is 5.91 Å². The number of hydrogen-bond donors (Lipinski definition) is 1. The van der Waals surface area contributed by atoms with Crippen molar-refractivity contribution in [3.05, 3.63) is 22.4 Å². The van der Waals surface area contributed by atoms with Gasteiger partial charge in [0.05, 0.1) is 6.42 Å². The Kier molecular flexibility index (Phi) is 4.18. The Morgan fingerprint density at radius 1 is 1.37 bits per heavy atom. The minimum absolute atomic E-state index is 0.313. The lowest BCUT2D eigenvalue weighted by Gasteiger charge is -2.30. The van der Waals surface area contributed by atoms with Crippen LogP contribution in [0.3, 0.4) is 0 Å². The molecule has 3 rings (SSSR count). The monoisotopic (exact) mass is 278 g/mol. The lowest BCUT2D eigenvalue weighted by Crippen LogP contribution is -2.47. The summed E-state index contributed by atoms with van der Waals surface area (Å²) in [5.74, 6) is 0.313. The van der Waals surface area contributed by atoms with Crippen LogP contribution in [0, 0.1) is 0 Å². The highest BCUT2D eigenvalue weighted by atomic mass is 32.1. The van der Waals surface area contributed by atoms with E-state index in [2.05, 4.69) is 21.7 Å². The molecule has 1 aromatic heterocycles. The van der Waals surface area contributed by atoms with Crippen molar-refractivity contribution in [2.24, 2.45) is 0 Å². The molecule has 2 heterocycles. The molecule has 19 heavy (non-hydrogen) atoms. The average molecular weight is 278 g/mol. The van der Waals surface area contributed by atoms with Gasteiger partial charge in [-0.25, -0.2) is 0 Å². The Morgan fingerprint density at radius 2 is 2.26 bits per heavy atom. The van der Waals surface area contributed by atoms with E-state index in [1.165, 1.54) is 32.1 Å². The van der Waals surface area contributed by atoms with Gasteiger partial charge in [-0.05, 0) is 54.6 Å². The number of amides is 1. The summed E-state index contributed by atoms with van der Waals surface area (Å²) in [5, 5.41) is 7.69. The van der Waals surface area contributed by atoms with Gasteiger partial charge in [-0.3, -0.25) is 4.79 Å². The Bertz CT molecular complexity index is 408. The standard InChI is InChI=1S/C15H22N2OS/c18-15(9-12-6-8-19-11-12)17(14-4-5-14)10-13-3-1-2-7-16-13/h6,8,11,13-14,16H,1-5,7,9-10H2. The second kappa shape index (κ2) is 6.06. The summed E-state index contributed by atoms with van der Waals surface area (Å²) in [6.07, 6.45) is 6.77. The molecule has 1 saturated carbocycles. The first kappa shape index (κ1) is 13.1. The summed E-state index contributed by atoms with van der Waals surface area (Å²) in [6, 6.07) is 3.10. The zero-order valence-corrected chi connectivity index (χ0v) is 12.1. The Morgan fingerprint density at radius 3 is 2.89 bits per heavy atom. The van der Waals surface area contributed by atoms with Crippen LogP contribution >= 0.6 is 11.3 Å². The van der Waals surface area contributed by atoms with Gasteiger partial charge < -0.3 is 10.2 Å². The van der Waals surface area contributed by atoms with Crippen molar-refractivity contribution in [3.8, 4) is 0 Å². The molecule has 0 aromatic carbocycles. The highest BCUT2D eigenvalue weighted by Crippen LogP contribution is 2.28. The summed E-state index contributed by atoms with van der Waals surface area (Å²) in [7, 11) is 0. The molecule has 0 bridgehead atoms. The molecule has 1 aliphatic heterocycles. The molecular formula is C15H22N2OS. The number of carbonyl (C=O) groups excluding carboxylic acids is 1. The molecule has 1 aliphatic carbocycles. The minimum atomic E-state index is 0.313. The highest BCUT2D eigenvalue weighted by Gasteiger charge is 2.34. The molecule has 3 nitrogen and oxygen atoms in total. The van der Waals surface area contributed by atoms with E-state index in [0.717, 1.165) is 18.7 Å². The van der Waals surface area contributed by atoms with Crippen LogP contribution in [0.5, 0.6) is 0 Å². The number of nitrogens with zero attached hydrogens (tertiary/aromatic N) is 1. The van der Waals surface area contributed by atoms with E-state index >= 15 is 0 Å². The van der Waals surface area contributed by atoms with E-state index in [1.807, 2.05) is 5.38 Å². The third-order valence-electron chi connectivity index (χ3n) is 4.07. The topological polar surface area (TPSA) is 32.3 Å². The van der Waals surface area contributed by atoms with Crippen LogP contribution in [0.1, 0.15) is 37.7 Å². The molecule has 2 fully saturated rings. The van der Waals surface area contributed by atoms with Crippen molar-refractivity contribution >= 4 is 17.2 Å². The smallest absolute Gasteiger partial charge is 0.227 e. The molecule has 2 aliphatic rings. The third kappa shape index (κ3) is 3.57. The average Bonchev–Trinajstić information content (AvgIpc) is 3.15. The summed E-state index contributed by atoms with van der Waals surface area (Å²) in [4.78, 5) is 14.6. The Balaban J connectivity index is 1.58. The van der Waals surface area contributed by atoms with Crippen LogP contribution in [0.4, 0.5) is 0 Å². The molecule has 1 atom stereocenters. The molecule has 104 valence electrons. The van der Waals surface area contributed by atoms with E-state index in [0.29, 0.717) is 24.4 Å². The molecule has 4 heteroatoms. The fraction of sp³-hybridized carbons (Fsp3) is 0.667. The fourth-order valence-corrected chi connectivity index (χ4v) is 3.50. The number of rotatable bonds is 5. The van der Waals surface area contributed by atoms with Crippen LogP contribution in [0.15, 0.2) is 16.8 Å². The first-order chi connectivity index (χ1) is 9.33. The molecular weight excluding hydrogens is 256 g/mol. The molecule has 0 radical (unpaired) electrons. The van der Waals surface area contributed by atoms with Gasteiger partial charge in [-0.2, -0.15) is 11.3 Å². The second-order valence-electron chi connectivity index (χ2n) is 5.73. The van der Waals surface area contributed by atoms with Crippen LogP contribution < -0.4 is 5.32 Å². The van der Waals surface area contributed by atoms with Crippen molar-refractivity contribution in [2.75, 3.05) is 13.1 Å². The summed E-state index contributed by atoms with van der Waals surface area (Å²) < 4.78 is 0. The fourth-order valence-electron chi connectivity index (χ4n) is 2.83. The van der Waals surface area contributed by atoms with Gasteiger partial charge in [0.25, 0.3) is 0 Å². The van der Waals surface area contributed by atoms with Gasteiger partial charge in [0, 0.05) is 18.6 Å². The zero-order chi connectivity index (χ0) is 13.1. The predicted molar refractivity (Wildman–Crippen MR) is 78.4 cm³/mol. The number of carbonyl (C=O) groups is 1. The van der Waals surface area contributed by atoms with E-state index in [9.17, 15) is 4.79 Å². The Labute approximate surface area is 119 Å². The summed E-state index contributed by atoms with van der Waals surface area (Å²) >= 11 is 1.67. The molecule has 1 N–H and O–H groups in total. The number of piperidine rings is 1. The molecule has 1 aromatic rings. The van der Waals surface area contributed by atoms with Gasteiger partial charge in [0.15, 0.2) is 0 Å². The second-order valence-corrected chi connectivity index (χ2v) is 6.51. The highest BCUT2D eigenvalue weighted by molar-refractivity contribution is 7.07. The maximum atomic E-state index is 12.5. The molecule has 1 saturated heterocycles. The van der Waals surface area contributed by atoms with E-state index in [-0.39, 0.29) is 0 Å². The van der Waals surface area contributed by atoms with Crippen LogP contribution in [0.25, 0.3) is 0 Å². The number of nitrogens with one attached hydrogen (secondary N) is 1. The SMILES string of the molecule is O=C(Cc1ccsc1)N(CC1CCCCN1)C1CC1. The van der Waals surface area contributed by atoms with Crippen LogP contribution in [-0.2, 0) is 11.2 Å². The maximum Gasteiger partial charge on any atom is 0.227 e. The number of hydrogen-bond acceptors (Lipinski definition) is 3. The molecule has 1 unspecified atom stereocenters. The predicted octanol–water partition coefficient (Wildman–Crippen LogP) is 2.42. The van der Waals surface area contributed by atoms with Gasteiger partial charge in [-0.1, -0.05) is 6.42 Å². The van der Waals surface area contributed by atoms with E-state index in [1.54, 1.807) is 11.3 Å². The van der Waals surface area contributed by atoms with E-state index in [4.69, 9.17) is 0 Å². The summed E-state index contributed by atoms with van der Waals surface area (Å²) in [5.41, 5.74) is 1.16. The Hall–Kier alpha value is -0.870. The minimum Gasteiger partial charge on any atom is -0.338 e. The third-order valence-corrected chi connectivity index (χ3v) is 4.80. The van der Waals surface area contributed by atoms with Crippen molar-refractivity contribution in [1.29, 1.82) is 0 Å². The van der Waals surface area contributed by atoms with Crippen LogP contribution in [0.2, 0.25) is 0 Å². The van der Waals surface area contributed by atoms with Crippen molar-refractivity contribution in [1.82, 2.24) is 10.2 Å². The lowest BCUT2D eigenvalue weighted by atomic mass is 10.0. The van der Waals surface area contributed by atoms with Crippen molar-refractivity contribution in [2.45, 2.75) is 50.6 Å². The lowest BCUT2D eigenvalue weighted by molar-refractivity contribution is -0.131. The maximum absolute atomic E-state index is 12.5. The quantitative estimate of drug-likeness (QED) is 0.897. The van der Waals surface area contributed by atoms with E-state index < -0.39 is 0 Å². The van der Waals surface area contributed by atoms with Gasteiger partial charge in [0.1, 0.15) is 0 Å². The summed E-state index contributed by atoms with van der Waals surface area (Å²) in [6.45, 7) is 2.02. The first-order valence-corrected chi connectivity index (χ1v) is 8.31. The van der Waals surface area contributed by atoms with Gasteiger partial charge in [-0.15, -0.1) is 0 Å². The molecule has 1 amide bonds. The first-order valence-electron chi connectivity index (χ1n) is 7.37. The molecule has 0 spiro atoms. The van der Waals surface area contributed by atoms with Crippen molar-refractivity contribution < 1.29 is 4.79 Å². The zero-order valence-electron chi connectivity index (χ0n) is 11.3. The number of thiophene rings is 1. The van der Waals surface area contributed by atoms with Crippen LogP contribution in [-0.4, -0.2) is 36.0 Å². The van der Waals surface area contributed by atoms with Crippen molar-refractivity contribution in [3.63, 3.8) is 0 Å². The van der Waals surface area contributed by atoms with Gasteiger partial charge >= 0.3 is 0 Å². The normalized spacial score (nSPS) is 23.3.